The SMILES string of the molecule is O=C(Nc1ccc2ccccc2c1)C1CCCN1S(=O)(=O)c1ccc2c(c1)OCCO2. The van der Waals surface area contributed by atoms with Gasteiger partial charge in [-0.1, -0.05) is 30.3 Å². The molecule has 0 aliphatic carbocycles. The molecule has 1 N–H and O–H groups in total. The monoisotopic (exact) mass is 438 g/mol. The number of carbonyl (C=O) groups excluding carboxylic acids is 1. The molecule has 160 valence electrons. The Morgan fingerprint density at radius 3 is 2.55 bits per heavy atom. The third kappa shape index (κ3) is 3.73. The summed E-state index contributed by atoms with van der Waals surface area (Å²) in [5, 5.41) is 4.97. The van der Waals surface area contributed by atoms with Gasteiger partial charge in [0.05, 0.1) is 4.90 Å². The molecule has 3 aromatic rings. The van der Waals surface area contributed by atoms with Crippen LogP contribution in [0.2, 0.25) is 0 Å². The van der Waals surface area contributed by atoms with Crippen LogP contribution in [0.5, 0.6) is 11.5 Å². The van der Waals surface area contributed by atoms with E-state index in [1.54, 1.807) is 6.07 Å². The van der Waals surface area contributed by atoms with Crippen LogP contribution in [0.1, 0.15) is 12.8 Å². The summed E-state index contributed by atoms with van der Waals surface area (Å²) >= 11 is 0. The van der Waals surface area contributed by atoms with E-state index in [-0.39, 0.29) is 10.8 Å². The van der Waals surface area contributed by atoms with E-state index < -0.39 is 16.1 Å². The fraction of sp³-hybridized carbons (Fsp3) is 0.261. The highest BCUT2D eigenvalue weighted by atomic mass is 32.2. The summed E-state index contributed by atoms with van der Waals surface area (Å²) in [6.07, 6.45) is 1.10. The highest BCUT2D eigenvalue weighted by molar-refractivity contribution is 7.89. The summed E-state index contributed by atoms with van der Waals surface area (Å²) in [6, 6.07) is 17.3. The van der Waals surface area contributed by atoms with E-state index in [0.717, 1.165) is 10.8 Å². The van der Waals surface area contributed by atoms with Crippen molar-refractivity contribution < 1.29 is 22.7 Å². The first-order valence-corrected chi connectivity index (χ1v) is 11.7. The minimum atomic E-state index is -3.86. The van der Waals surface area contributed by atoms with Crippen LogP contribution in [-0.4, -0.2) is 44.4 Å². The molecule has 0 spiro atoms. The standard InChI is InChI=1S/C23H22N2O5S/c26-23(24-18-8-7-16-4-1-2-5-17(16)14-18)20-6-3-11-25(20)31(27,28)19-9-10-21-22(15-19)30-13-12-29-21/h1-2,4-5,7-10,14-15,20H,3,6,11-13H2,(H,24,26). The van der Waals surface area contributed by atoms with Crippen molar-refractivity contribution in [2.75, 3.05) is 25.1 Å². The summed E-state index contributed by atoms with van der Waals surface area (Å²) in [5.74, 6) is 0.606. The molecular weight excluding hydrogens is 416 g/mol. The summed E-state index contributed by atoms with van der Waals surface area (Å²) in [7, 11) is -3.86. The lowest BCUT2D eigenvalue weighted by Gasteiger charge is -2.24. The van der Waals surface area contributed by atoms with Crippen LogP contribution in [0.15, 0.2) is 65.6 Å². The van der Waals surface area contributed by atoms with Crippen molar-refractivity contribution in [3.63, 3.8) is 0 Å². The average molecular weight is 439 g/mol. The maximum Gasteiger partial charge on any atom is 0.243 e. The number of nitrogens with zero attached hydrogens (tertiary/aromatic N) is 1. The predicted molar refractivity (Wildman–Crippen MR) is 117 cm³/mol. The number of amides is 1. The van der Waals surface area contributed by atoms with Crippen LogP contribution in [0, 0.1) is 0 Å². The lowest BCUT2D eigenvalue weighted by Crippen LogP contribution is -2.43. The molecular formula is C23H22N2O5S. The van der Waals surface area contributed by atoms with E-state index in [1.165, 1.54) is 16.4 Å². The number of carbonyl (C=O) groups is 1. The molecule has 0 saturated carbocycles. The molecule has 1 amide bonds. The molecule has 1 saturated heterocycles. The van der Waals surface area contributed by atoms with E-state index in [0.29, 0.717) is 49.8 Å². The molecule has 2 heterocycles. The number of rotatable bonds is 4. The van der Waals surface area contributed by atoms with E-state index in [4.69, 9.17) is 9.47 Å². The summed E-state index contributed by atoms with van der Waals surface area (Å²) in [4.78, 5) is 13.1. The van der Waals surface area contributed by atoms with Gasteiger partial charge >= 0.3 is 0 Å². The molecule has 2 aliphatic heterocycles. The van der Waals surface area contributed by atoms with Gasteiger partial charge in [0.2, 0.25) is 15.9 Å². The van der Waals surface area contributed by atoms with Gasteiger partial charge in [0.25, 0.3) is 0 Å². The predicted octanol–water partition coefficient (Wildman–Crippen LogP) is 3.40. The number of hydrogen-bond donors (Lipinski definition) is 1. The van der Waals surface area contributed by atoms with Gasteiger partial charge in [-0.05, 0) is 47.9 Å². The van der Waals surface area contributed by atoms with Crippen LogP contribution in [0.3, 0.4) is 0 Å². The number of hydrogen-bond acceptors (Lipinski definition) is 5. The van der Waals surface area contributed by atoms with Crippen LogP contribution in [0.25, 0.3) is 10.8 Å². The van der Waals surface area contributed by atoms with E-state index in [2.05, 4.69) is 5.32 Å². The lowest BCUT2D eigenvalue weighted by molar-refractivity contribution is -0.119. The topological polar surface area (TPSA) is 84.9 Å². The van der Waals surface area contributed by atoms with Gasteiger partial charge in [-0.25, -0.2) is 8.42 Å². The zero-order valence-corrected chi connectivity index (χ0v) is 17.6. The van der Waals surface area contributed by atoms with Crippen molar-refractivity contribution in [2.45, 2.75) is 23.8 Å². The first-order valence-electron chi connectivity index (χ1n) is 10.2. The molecule has 31 heavy (non-hydrogen) atoms. The highest BCUT2D eigenvalue weighted by Crippen LogP contribution is 2.35. The summed E-state index contributed by atoms with van der Waals surface area (Å²) in [6.45, 7) is 1.10. The fourth-order valence-corrected chi connectivity index (χ4v) is 5.77. The molecule has 0 bridgehead atoms. The Bertz CT molecular complexity index is 1260. The lowest BCUT2D eigenvalue weighted by atomic mass is 10.1. The average Bonchev–Trinajstić information content (AvgIpc) is 3.30. The Balaban J connectivity index is 1.38. The number of sulfonamides is 1. The van der Waals surface area contributed by atoms with Crippen molar-refractivity contribution in [1.82, 2.24) is 4.31 Å². The van der Waals surface area contributed by atoms with Crippen LogP contribution < -0.4 is 14.8 Å². The molecule has 3 aromatic carbocycles. The second kappa shape index (κ2) is 7.86. The first-order chi connectivity index (χ1) is 15.0. The Morgan fingerprint density at radius 2 is 1.71 bits per heavy atom. The van der Waals surface area contributed by atoms with Crippen molar-refractivity contribution in [2.24, 2.45) is 0 Å². The minimum Gasteiger partial charge on any atom is -0.486 e. The zero-order valence-electron chi connectivity index (χ0n) is 16.8. The molecule has 1 atom stereocenters. The van der Waals surface area contributed by atoms with E-state index in [1.807, 2.05) is 42.5 Å². The second-order valence-corrected chi connectivity index (χ2v) is 9.52. The number of benzene rings is 3. The number of anilines is 1. The maximum absolute atomic E-state index is 13.3. The van der Waals surface area contributed by atoms with Gasteiger partial charge in [0.1, 0.15) is 19.3 Å². The van der Waals surface area contributed by atoms with Gasteiger partial charge in [-0.3, -0.25) is 4.79 Å². The van der Waals surface area contributed by atoms with Gasteiger partial charge in [-0.2, -0.15) is 4.31 Å². The van der Waals surface area contributed by atoms with E-state index >= 15 is 0 Å². The van der Waals surface area contributed by atoms with E-state index in [9.17, 15) is 13.2 Å². The quantitative estimate of drug-likeness (QED) is 0.675. The minimum absolute atomic E-state index is 0.0992. The van der Waals surface area contributed by atoms with Crippen LogP contribution in [0.4, 0.5) is 5.69 Å². The van der Waals surface area contributed by atoms with Crippen molar-refractivity contribution in [1.29, 1.82) is 0 Å². The third-order valence-electron chi connectivity index (χ3n) is 5.64. The first kappa shape index (κ1) is 19.8. The molecule has 5 rings (SSSR count). The van der Waals surface area contributed by atoms with Gasteiger partial charge in [-0.15, -0.1) is 0 Å². The summed E-state index contributed by atoms with van der Waals surface area (Å²) in [5.41, 5.74) is 0.646. The Kier molecular flexibility index (Phi) is 5.03. The third-order valence-corrected chi connectivity index (χ3v) is 7.55. The number of fused-ring (bicyclic) bond motifs is 2. The molecule has 0 radical (unpaired) electrons. The zero-order chi connectivity index (χ0) is 21.4. The fourth-order valence-electron chi connectivity index (χ4n) is 4.10. The van der Waals surface area contributed by atoms with Crippen LogP contribution in [-0.2, 0) is 14.8 Å². The molecule has 7 nitrogen and oxygen atoms in total. The number of nitrogens with one attached hydrogen (secondary N) is 1. The van der Waals surface area contributed by atoms with Crippen molar-refractivity contribution >= 4 is 32.4 Å². The van der Waals surface area contributed by atoms with Crippen molar-refractivity contribution in [3.05, 3.63) is 60.7 Å². The Labute approximate surface area is 180 Å². The molecule has 0 aromatic heterocycles. The highest BCUT2D eigenvalue weighted by Gasteiger charge is 2.40. The van der Waals surface area contributed by atoms with Crippen molar-refractivity contribution in [3.8, 4) is 11.5 Å². The van der Waals surface area contributed by atoms with Gasteiger partial charge in [0.15, 0.2) is 11.5 Å². The number of ether oxygens (including phenoxy) is 2. The maximum atomic E-state index is 13.3. The van der Waals surface area contributed by atoms with Gasteiger partial charge < -0.3 is 14.8 Å². The second-order valence-electron chi connectivity index (χ2n) is 7.63. The smallest absolute Gasteiger partial charge is 0.243 e. The Hall–Kier alpha value is -3.10. The molecule has 8 heteroatoms. The van der Waals surface area contributed by atoms with Gasteiger partial charge in [0, 0.05) is 18.3 Å². The molecule has 1 unspecified atom stereocenters. The Morgan fingerprint density at radius 1 is 0.935 bits per heavy atom. The molecule has 2 aliphatic rings. The van der Waals surface area contributed by atoms with Crippen LogP contribution >= 0.6 is 0 Å². The summed E-state index contributed by atoms with van der Waals surface area (Å²) < 4.78 is 38.9. The normalized spacial score (nSPS) is 18.8. The molecule has 1 fully saturated rings. The largest absolute Gasteiger partial charge is 0.486 e.